The van der Waals surface area contributed by atoms with Crippen LogP contribution in [0.4, 0.5) is 14.6 Å². The molecule has 3 aromatic carbocycles. The summed E-state index contributed by atoms with van der Waals surface area (Å²) < 4.78 is 27.7. The molecule has 0 radical (unpaired) electrons. The van der Waals surface area contributed by atoms with E-state index in [1.165, 1.54) is 6.07 Å². The van der Waals surface area contributed by atoms with Crippen LogP contribution in [0.5, 0.6) is 0 Å². The summed E-state index contributed by atoms with van der Waals surface area (Å²) >= 11 is 0. The van der Waals surface area contributed by atoms with Crippen molar-refractivity contribution in [2.24, 2.45) is 0 Å². The number of halogens is 2. The Bertz CT molecular complexity index is 1340. The highest BCUT2D eigenvalue weighted by Crippen LogP contribution is 2.32. The first-order valence-electron chi connectivity index (χ1n) is 8.69. The zero-order chi connectivity index (χ0) is 19.3. The van der Waals surface area contributed by atoms with Crippen LogP contribution in [-0.2, 0) is 0 Å². The standard InChI is InChI=1S/C22H14F2N4/c23-14-9-16-17(11-26-20(16)18(24)10-14)22-27-19-8-13(12-4-2-1-3-5-12)6-7-15(19)21(25)28-22/h1-11,26H,(H2,25,27,28). The minimum absolute atomic E-state index is 0.205. The van der Waals surface area contributed by atoms with Gasteiger partial charge in [0, 0.05) is 28.6 Å². The van der Waals surface area contributed by atoms with Crippen molar-refractivity contribution in [2.45, 2.75) is 0 Å². The minimum Gasteiger partial charge on any atom is -0.383 e. The predicted molar refractivity (Wildman–Crippen MR) is 107 cm³/mol. The van der Waals surface area contributed by atoms with Crippen LogP contribution in [-0.4, -0.2) is 15.0 Å². The van der Waals surface area contributed by atoms with Gasteiger partial charge >= 0.3 is 0 Å². The summed E-state index contributed by atoms with van der Waals surface area (Å²) in [6.07, 6.45) is 1.56. The average Bonchev–Trinajstić information content (AvgIpc) is 3.12. The Morgan fingerprint density at radius 3 is 2.46 bits per heavy atom. The summed E-state index contributed by atoms with van der Waals surface area (Å²) in [5.41, 5.74) is 9.56. The van der Waals surface area contributed by atoms with Crippen LogP contribution >= 0.6 is 0 Å². The lowest BCUT2D eigenvalue weighted by atomic mass is 10.0. The van der Waals surface area contributed by atoms with Crippen molar-refractivity contribution in [3.63, 3.8) is 0 Å². The highest BCUT2D eigenvalue weighted by Gasteiger charge is 2.15. The molecule has 0 aliphatic heterocycles. The SMILES string of the molecule is Nc1nc(-c2c[nH]c3c(F)cc(F)cc23)nc2cc(-c3ccccc3)ccc12. The molecule has 3 N–H and O–H groups in total. The number of rotatable bonds is 2. The third-order valence-corrected chi connectivity index (χ3v) is 4.78. The third-order valence-electron chi connectivity index (χ3n) is 4.78. The number of hydrogen-bond acceptors (Lipinski definition) is 3. The lowest BCUT2D eigenvalue weighted by Gasteiger charge is -2.08. The van der Waals surface area contributed by atoms with Crippen molar-refractivity contribution in [3.05, 3.63) is 78.5 Å². The molecule has 0 amide bonds. The molecular weight excluding hydrogens is 358 g/mol. The van der Waals surface area contributed by atoms with Gasteiger partial charge in [0.15, 0.2) is 5.82 Å². The van der Waals surface area contributed by atoms with E-state index >= 15 is 0 Å². The van der Waals surface area contributed by atoms with Crippen LogP contribution in [0.15, 0.2) is 66.9 Å². The molecule has 2 aromatic heterocycles. The summed E-state index contributed by atoms with van der Waals surface area (Å²) in [6.45, 7) is 0. The Balaban J connectivity index is 1.73. The number of anilines is 1. The normalized spacial score (nSPS) is 11.4. The molecule has 5 rings (SSSR count). The monoisotopic (exact) mass is 372 g/mol. The summed E-state index contributed by atoms with van der Waals surface area (Å²) in [6, 6.07) is 17.8. The Labute approximate surface area is 158 Å². The van der Waals surface area contributed by atoms with Gasteiger partial charge in [0.05, 0.1) is 11.0 Å². The van der Waals surface area contributed by atoms with E-state index in [0.717, 1.165) is 22.6 Å². The maximum Gasteiger partial charge on any atom is 0.164 e. The van der Waals surface area contributed by atoms with Crippen molar-refractivity contribution in [3.8, 4) is 22.5 Å². The van der Waals surface area contributed by atoms with Gasteiger partial charge in [-0.05, 0) is 29.3 Å². The molecule has 6 heteroatoms. The molecule has 136 valence electrons. The van der Waals surface area contributed by atoms with Crippen LogP contribution < -0.4 is 5.73 Å². The van der Waals surface area contributed by atoms with Crippen LogP contribution in [0.25, 0.3) is 44.3 Å². The largest absolute Gasteiger partial charge is 0.383 e. The van der Waals surface area contributed by atoms with E-state index in [4.69, 9.17) is 5.73 Å². The first kappa shape index (κ1) is 16.4. The number of nitrogens with two attached hydrogens (primary N) is 1. The summed E-state index contributed by atoms with van der Waals surface area (Å²) in [7, 11) is 0. The number of nitrogens with zero attached hydrogens (tertiary/aromatic N) is 2. The van der Waals surface area contributed by atoms with Crippen LogP contribution in [0.2, 0.25) is 0 Å². The van der Waals surface area contributed by atoms with Gasteiger partial charge in [-0.1, -0.05) is 36.4 Å². The topological polar surface area (TPSA) is 67.6 Å². The molecule has 0 bridgehead atoms. The van der Waals surface area contributed by atoms with Gasteiger partial charge in [0.25, 0.3) is 0 Å². The Kier molecular flexibility index (Phi) is 3.58. The fraction of sp³-hybridized carbons (Fsp3) is 0. The maximum absolute atomic E-state index is 14.0. The number of nitrogen functional groups attached to an aromatic ring is 1. The smallest absolute Gasteiger partial charge is 0.164 e. The molecule has 2 heterocycles. The number of aromatic amines is 1. The second-order valence-corrected chi connectivity index (χ2v) is 6.54. The van der Waals surface area contributed by atoms with Crippen molar-refractivity contribution >= 4 is 27.6 Å². The maximum atomic E-state index is 14.0. The molecule has 28 heavy (non-hydrogen) atoms. The number of aromatic nitrogens is 3. The van der Waals surface area contributed by atoms with Crippen molar-refractivity contribution in [1.82, 2.24) is 15.0 Å². The van der Waals surface area contributed by atoms with Gasteiger partial charge in [0.1, 0.15) is 17.5 Å². The average molecular weight is 372 g/mol. The van der Waals surface area contributed by atoms with Crippen molar-refractivity contribution in [2.75, 3.05) is 5.73 Å². The third kappa shape index (κ3) is 2.58. The lowest BCUT2D eigenvalue weighted by Crippen LogP contribution is -1.98. The van der Waals surface area contributed by atoms with Crippen LogP contribution in [0.3, 0.4) is 0 Å². The van der Waals surface area contributed by atoms with Crippen LogP contribution in [0.1, 0.15) is 0 Å². The van der Waals surface area contributed by atoms with Crippen LogP contribution in [0, 0.1) is 11.6 Å². The first-order valence-corrected chi connectivity index (χ1v) is 8.69. The fourth-order valence-electron chi connectivity index (χ4n) is 3.42. The lowest BCUT2D eigenvalue weighted by molar-refractivity contribution is 0.591. The highest BCUT2D eigenvalue weighted by atomic mass is 19.1. The number of hydrogen-bond donors (Lipinski definition) is 2. The van der Waals surface area contributed by atoms with E-state index in [1.807, 2.05) is 48.5 Å². The predicted octanol–water partition coefficient (Wildman–Crippen LogP) is 5.31. The second kappa shape index (κ2) is 6.13. The van der Waals surface area contributed by atoms with E-state index in [0.29, 0.717) is 28.1 Å². The van der Waals surface area contributed by atoms with E-state index in [9.17, 15) is 8.78 Å². The van der Waals surface area contributed by atoms with E-state index in [-0.39, 0.29) is 5.52 Å². The number of H-pyrrole nitrogens is 1. The zero-order valence-corrected chi connectivity index (χ0v) is 14.6. The van der Waals surface area contributed by atoms with Gasteiger partial charge < -0.3 is 10.7 Å². The summed E-state index contributed by atoms with van der Waals surface area (Å²) in [5, 5.41) is 1.09. The Morgan fingerprint density at radius 1 is 0.821 bits per heavy atom. The molecule has 0 saturated heterocycles. The first-order chi connectivity index (χ1) is 13.6. The summed E-state index contributed by atoms with van der Waals surface area (Å²) in [4.78, 5) is 11.8. The van der Waals surface area contributed by atoms with E-state index < -0.39 is 11.6 Å². The zero-order valence-electron chi connectivity index (χ0n) is 14.6. The minimum atomic E-state index is -0.665. The summed E-state index contributed by atoms with van der Waals surface area (Å²) in [5.74, 6) is -0.704. The quantitative estimate of drug-likeness (QED) is 0.441. The molecule has 4 nitrogen and oxygen atoms in total. The molecule has 0 saturated carbocycles. The Hall–Kier alpha value is -3.80. The van der Waals surface area contributed by atoms with Gasteiger partial charge in [-0.2, -0.15) is 0 Å². The Morgan fingerprint density at radius 2 is 1.64 bits per heavy atom. The van der Waals surface area contributed by atoms with Gasteiger partial charge in [0.2, 0.25) is 0 Å². The molecule has 0 unspecified atom stereocenters. The number of nitrogens with one attached hydrogen (secondary N) is 1. The van der Waals surface area contributed by atoms with Gasteiger partial charge in [-0.3, -0.25) is 0 Å². The molecular formula is C22H14F2N4. The van der Waals surface area contributed by atoms with Crippen molar-refractivity contribution < 1.29 is 8.78 Å². The number of benzene rings is 3. The van der Waals surface area contributed by atoms with E-state index in [1.54, 1.807) is 6.20 Å². The second-order valence-electron chi connectivity index (χ2n) is 6.54. The van der Waals surface area contributed by atoms with Gasteiger partial charge in [-0.15, -0.1) is 0 Å². The highest BCUT2D eigenvalue weighted by molar-refractivity contribution is 5.97. The molecule has 0 atom stereocenters. The fourth-order valence-corrected chi connectivity index (χ4v) is 3.42. The van der Waals surface area contributed by atoms with E-state index in [2.05, 4.69) is 15.0 Å². The molecule has 0 aliphatic rings. The molecule has 5 aromatic rings. The molecule has 0 aliphatic carbocycles. The van der Waals surface area contributed by atoms with Gasteiger partial charge in [-0.25, -0.2) is 18.7 Å². The molecule has 0 fully saturated rings. The molecule has 0 spiro atoms. The van der Waals surface area contributed by atoms with Crippen molar-refractivity contribution in [1.29, 1.82) is 0 Å². The number of fused-ring (bicyclic) bond motifs is 2.